The summed E-state index contributed by atoms with van der Waals surface area (Å²) in [7, 11) is 0. The van der Waals surface area contributed by atoms with Crippen molar-refractivity contribution in [2.45, 2.75) is 0 Å². The van der Waals surface area contributed by atoms with E-state index in [9.17, 15) is 4.79 Å². The second-order valence-electron chi connectivity index (χ2n) is 2.05. The van der Waals surface area contributed by atoms with Crippen molar-refractivity contribution in [3.63, 3.8) is 0 Å². The lowest BCUT2D eigenvalue weighted by molar-refractivity contribution is 0.112. The predicted octanol–water partition coefficient (Wildman–Crippen LogP) is 2.08. The van der Waals surface area contributed by atoms with Crippen LogP contribution in [0.1, 0.15) is 9.67 Å². The molecule has 0 unspecified atom stereocenters. The molecule has 0 saturated carbocycles. The Morgan fingerprint density at radius 1 is 1.42 bits per heavy atom. The lowest BCUT2D eigenvalue weighted by Crippen LogP contribution is -1.64. The topological polar surface area (TPSA) is 42.9 Å². The SMILES string of the molecule is O=Cc1cnc(-c2cncs2)s1. The van der Waals surface area contributed by atoms with Crippen molar-refractivity contribution in [1.82, 2.24) is 9.97 Å². The highest BCUT2D eigenvalue weighted by Crippen LogP contribution is 2.26. The second-order valence-corrected chi connectivity index (χ2v) is 4.00. The zero-order valence-electron chi connectivity index (χ0n) is 5.93. The van der Waals surface area contributed by atoms with Gasteiger partial charge in [-0.1, -0.05) is 0 Å². The van der Waals surface area contributed by atoms with E-state index in [1.54, 1.807) is 17.9 Å². The molecule has 0 aliphatic heterocycles. The molecular formula is C7H4N2OS2. The third-order valence-corrected chi connectivity index (χ3v) is 3.15. The highest BCUT2D eigenvalue weighted by Gasteiger charge is 2.04. The monoisotopic (exact) mass is 196 g/mol. The Hall–Kier alpha value is -1.07. The van der Waals surface area contributed by atoms with Gasteiger partial charge in [0.1, 0.15) is 5.01 Å². The molecule has 12 heavy (non-hydrogen) atoms. The number of aromatic nitrogens is 2. The van der Waals surface area contributed by atoms with E-state index in [0.717, 1.165) is 16.2 Å². The minimum atomic E-state index is 0.651. The zero-order chi connectivity index (χ0) is 8.39. The first-order valence-electron chi connectivity index (χ1n) is 3.20. The van der Waals surface area contributed by atoms with Crippen LogP contribution in [0.15, 0.2) is 17.9 Å². The molecule has 0 spiro atoms. The molecular weight excluding hydrogens is 192 g/mol. The van der Waals surface area contributed by atoms with E-state index < -0.39 is 0 Å². The van der Waals surface area contributed by atoms with Crippen LogP contribution in [0, 0.1) is 0 Å². The quantitative estimate of drug-likeness (QED) is 0.691. The molecule has 0 aliphatic rings. The van der Waals surface area contributed by atoms with Crippen LogP contribution in [0.3, 0.4) is 0 Å². The highest BCUT2D eigenvalue weighted by atomic mass is 32.1. The lowest BCUT2D eigenvalue weighted by atomic mass is 10.6. The van der Waals surface area contributed by atoms with Crippen molar-refractivity contribution in [3.05, 3.63) is 22.8 Å². The summed E-state index contributed by atoms with van der Waals surface area (Å²) in [6.07, 6.45) is 4.13. The number of aldehydes is 1. The molecule has 2 aromatic rings. The van der Waals surface area contributed by atoms with Gasteiger partial charge in [0, 0.05) is 12.4 Å². The van der Waals surface area contributed by atoms with Gasteiger partial charge in [0.05, 0.1) is 15.3 Å². The highest BCUT2D eigenvalue weighted by molar-refractivity contribution is 7.21. The maximum atomic E-state index is 10.3. The fourth-order valence-corrected chi connectivity index (χ4v) is 2.19. The van der Waals surface area contributed by atoms with Gasteiger partial charge in [-0.15, -0.1) is 22.7 Å². The molecule has 0 amide bonds. The smallest absolute Gasteiger partial charge is 0.161 e. The van der Waals surface area contributed by atoms with Gasteiger partial charge >= 0.3 is 0 Å². The maximum Gasteiger partial charge on any atom is 0.161 e. The average molecular weight is 196 g/mol. The van der Waals surface area contributed by atoms with E-state index in [2.05, 4.69) is 9.97 Å². The van der Waals surface area contributed by atoms with Crippen LogP contribution >= 0.6 is 22.7 Å². The van der Waals surface area contributed by atoms with E-state index >= 15 is 0 Å². The third-order valence-electron chi connectivity index (χ3n) is 1.28. The molecule has 3 nitrogen and oxygen atoms in total. The Bertz CT molecular complexity index is 380. The molecule has 60 valence electrons. The maximum absolute atomic E-state index is 10.3. The van der Waals surface area contributed by atoms with Crippen LogP contribution in [0.5, 0.6) is 0 Å². The molecule has 0 bridgehead atoms. The predicted molar refractivity (Wildman–Crippen MR) is 48.6 cm³/mol. The Balaban J connectivity index is 2.41. The number of hydrogen-bond donors (Lipinski definition) is 0. The molecule has 5 heteroatoms. The molecule has 0 saturated heterocycles. The van der Waals surface area contributed by atoms with Crippen molar-refractivity contribution in [1.29, 1.82) is 0 Å². The first-order valence-corrected chi connectivity index (χ1v) is 4.89. The molecule has 0 radical (unpaired) electrons. The van der Waals surface area contributed by atoms with Crippen molar-refractivity contribution in [2.24, 2.45) is 0 Å². The Morgan fingerprint density at radius 2 is 2.33 bits per heavy atom. The van der Waals surface area contributed by atoms with Crippen LogP contribution in [-0.2, 0) is 0 Å². The Morgan fingerprint density at radius 3 is 2.92 bits per heavy atom. The van der Waals surface area contributed by atoms with Gasteiger partial charge in [-0.3, -0.25) is 9.78 Å². The van der Waals surface area contributed by atoms with Crippen LogP contribution < -0.4 is 0 Å². The molecule has 2 rings (SSSR count). The van der Waals surface area contributed by atoms with Gasteiger partial charge in [0.2, 0.25) is 0 Å². The summed E-state index contributed by atoms with van der Waals surface area (Å²) in [4.78, 5) is 20.0. The Kier molecular flexibility index (Phi) is 1.97. The number of carbonyl (C=O) groups excluding carboxylic acids is 1. The van der Waals surface area contributed by atoms with Gasteiger partial charge in [0.25, 0.3) is 0 Å². The molecule has 0 N–H and O–H groups in total. The minimum absolute atomic E-state index is 0.651. The summed E-state index contributed by atoms with van der Waals surface area (Å²) in [5, 5.41) is 0.861. The van der Waals surface area contributed by atoms with Crippen LogP contribution in [-0.4, -0.2) is 16.3 Å². The van der Waals surface area contributed by atoms with Crippen LogP contribution in [0.2, 0.25) is 0 Å². The molecule has 2 aromatic heterocycles. The summed E-state index contributed by atoms with van der Waals surface area (Å²) < 4.78 is 0. The van der Waals surface area contributed by atoms with E-state index in [4.69, 9.17) is 0 Å². The summed E-state index contributed by atoms with van der Waals surface area (Å²) in [6.45, 7) is 0. The van der Waals surface area contributed by atoms with Crippen molar-refractivity contribution < 1.29 is 4.79 Å². The van der Waals surface area contributed by atoms with Crippen LogP contribution in [0.25, 0.3) is 9.88 Å². The van der Waals surface area contributed by atoms with Gasteiger partial charge in [-0.05, 0) is 0 Å². The first-order chi connectivity index (χ1) is 5.90. The van der Waals surface area contributed by atoms with Crippen molar-refractivity contribution in [2.75, 3.05) is 0 Å². The molecule has 0 aromatic carbocycles. The normalized spacial score (nSPS) is 10.0. The summed E-state index contributed by atoms with van der Waals surface area (Å²) in [6, 6.07) is 0. The minimum Gasteiger partial charge on any atom is -0.297 e. The molecule has 0 atom stereocenters. The van der Waals surface area contributed by atoms with Gasteiger partial charge in [-0.2, -0.15) is 0 Å². The Labute approximate surface area is 76.7 Å². The number of thiazole rings is 2. The fourth-order valence-electron chi connectivity index (χ4n) is 0.776. The zero-order valence-corrected chi connectivity index (χ0v) is 7.56. The average Bonchev–Trinajstić information content (AvgIpc) is 2.75. The lowest BCUT2D eigenvalue weighted by Gasteiger charge is -1.82. The number of carbonyl (C=O) groups is 1. The molecule has 0 fully saturated rings. The third kappa shape index (κ3) is 1.28. The number of hydrogen-bond acceptors (Lipinski definition) is 5. The van der Waals surface area contributed by atoms with E-state index in [-0.39, 0.29) is 0 Å². The molecule has 2 heterocycles. The van der Waals surface area contributed by atoms with Gasteiger partial charge in [0.15, 0.2) is 6.29 Å². The van der Waals surface area contributed by atoms with Crippen molar-refractivity contribution in [3.8, 4) is 9.88 Å². The standard InChI is InChI=1S/C7H4N2OS2/c10-3-5-1-9-7(12-5)6-2-8-4-11-6/h1-4H. The van der Waals surface area contributed by atoms with Gasteiger partial charge in [-0.25, -0.2) is 4.98 Å². The molecule has 0 aliphatic carbocycles. The first kappa shape index (κ1) is 7.57. The number of nitrogens with zero attached hydrogens (tertiary/aromatic N) is 2. The second kappa shape index (κ2) is 3.12. The van der Waals surface area contributed by atoms with Gasteiger partial charge < -0.3 is 0 Å². The van der Waals surface area contributed by atoms with Crippen LogP contribution in [0.4, 0.5) is 0 Å². The summed E-state index contributed by atoms with van der Waals surface area (Å²) in [5.41, 5.74) is 1.75. The van der Waals surface area contributed by atoms with Crippen molar-refractivity contribution >= 4 is 29.0 Å². The van der Waals surface area contributed by atoms with E-state index in [1.165, 1.54) is 22.7 Å². The summed E-state index contributed by atoms with van der Waals surface area (Å²) in [5.74, 6) is 0. The largest absolute Gasteiger partial charge is 0.297 e. The number of rotatable bonds is 2. The van der Waals surface area contributed by atoms with E-state index in [0.29, 0.717) is 4.88 Å². The van der Waals surface area contributed by atoms with E-state index in [1.807, 2.05) is 0 Å². The summed E-state index contributed by atoms with van der Waals surface area (Å²) >= 11 is 2.90. The fraction of sp³-hybridized carbons (Fsp3) is 0.